The number of methoxy groups -OCH3 is 1. The molecule has 2 rings (SSSR count). The summed E-state index contributed by atoms with van der Waals surface area (Å²) in [5, 5.41) is 0. The number of rotatable bonds is 3. The molecule has 0 aliphatic heterocycles. The van der Waals surface area contributed by atoms with Gasteiger partial charge in [0.1, 0.15) is 4.88 Å². The molecule has 0 radical (unpaired) electrons. The minimum Gasteiger partial charge on any atom is -0.465 e. The van der Waals surface area contributed by atoms with Crippen LogP contribution in [0.4, 0.5) is 0 Å². The SMILES string of the molecule is CCOC(=O)c1c(C)sc2cc(C(=O)OC)sc12. The van der Waals surface area contributed by atoms with Gasteiger partial charge >= 0.3 is 11.9 Å². The first kappa shape index (κ1) is 13.0. The molecule has 0 spiro atoms. The number of hydrogen-bond acceptors (Lipinski definition) is 6. The fourth-order valence-corrected chi connectivity index (χ4v) is 4.08. The third-order valence-corrected chi connectivity index (χ3v) is 4.72. The Kier molecular flexibility index (Phi) is 3.68. The Morgan fingerprint density at radius 3 is 2.61 bits per heavy atom. The zero-order valence-corrected chi connectivity index (χ0v) is 11.9. The molecule has 0 bridgehead atoms. The Bertz CT molecular complexity index is 609. The van der Waals surface area contributed by atoms with Gasteiger partial charge in [0.05, 0.1) is 24.0 Å². The maximum Gasteiger partial charge on any atom is 0.348 e. The highest BCUT2D eigenvalue weighted by Crippen LogP contribution is 2.37. The van der Waals surface area contributed by atoms with E-state index in [1.807, 2.05) is 6.92 Å². The van der Waals surface area contributed by atoms with Gasteiger partial charge in [0.15, 0.2) is 0 Å². The van der Waals surface area contributed by atoms with Crippen molar-refractivity contribution in [1.82, 2.24) is 0 Å². The van der Waals surface area contributed by atoms with E-state index in [9.17, 15) is 9.59 Å². The van der Waals surface area contributed by atoms with Gasteiger partial charge in [-0.2, -0.15) is 0 Å². The van der Waals surface area contributed by atoms with Crippen molar-refractivity contribution in [2.24, 2.45) is 0 Å². The van der Waals surface area contributed by atoms with E-state index in [1.54, 1.807) is 13.0 Å². The second-order valence-electron chi connectivity index (χ2n) is 3.55. The highest BCUT2D eigenvalue weighted by molar-refractivity contribution is 7.29. The Balaban J connectivity index is 2.52. The van der Waals surface area contributed by atoms with E-state index < -0.39 is 0 Å². The largest absolute Gasteiger partial charge is 0.465 e. The van der Waals surface area contributed by atoms with Crippen molar-refractivity contribution in [3.63, 3.8) is 0 Å². The van der Waals surface area contributed by atoms with Crippen LogP contribution in [-0.4, -0.2) is 25.7 Å². The molecule has 0 saturated carbocycles. The molecule has 18 heavy (non-hydrogen) atoms. The lowest BCUT2D eigenvalue weighted by Gasteiger charge is -2.00. The van der Waals surface area contributed by atoms with E-state index in [-0.39, 0.29) is 11.9 Å². The quantitative estimate of drug-likeness (QED) is 0.812. The summed E-state index contributed by atoms with van der Waals surface area (Å²) in [7, 11) is 1.34. The second-order valence-corrected chi connectivity index (χ2v) is 5.86. The molecule has 0 unspecified atom stereocenters. The minimum absolute atomic E-state index is 0.334. The van der Waals surface area contributed by atoms with Crippen LogP contribution in [0.15, 0.2) is 6.07 Å². The average molecular weight is 284 g/mol. The van der Waals surface area contributed by atoms with Crippen molar-refractivity contribution in [1.29, 1.82) is 0 Å². The number of fused-ring (bicyclic) bond motifs is 1. The molecule has 0 fully saturated rings. The van der Waals surface area contributed by atoms with Crippen LogP contribution in [0.5, 0.6) is 0 Å². The zero-order chi connectivity index (χ0) is 13.3. The molecule has 4 nitrogen and oxygen atoms in total. The number of esters is 2. The van der Waals surface area contributed by atoms with Gasteiger partial charge in [-0.25, -0.2) is 9.59 Å². The van der Waals surface area contributed by atoms with Crippen molar-refractivity contribution in [3.05, 3.63) is 21.4 Å². The molecule has 2 aromatic rings. The number of carbonyl (C=O) groups excluding carboxylic acids is 2. The molecule has 2 heterocycles. The number of aryl methyl sites for hydroxylation is 1. The predicted molar refractivity (Wildman–Crippen MR) is 71.7 cm³/mol. The lowest BCUT2D eigenvalue weighted by atomic mass is 10.2. The Hall–Kier alpha value is -1.40. The number of thiophene rings is 2. The molecule has 96 valence electrons. The maximum absolute atomic E-state index is 11.9. The van der Waals surface area contributed by atoms with Crippen LogP contribution in [0.3, 0.4) is 0 Å². The molecular formula is C12H12O4S2. The van der Waals surface area contributed by atoms with Crippen molar-refractivity contribution >= 4 is 44.0 Å². The summed E-state index contributed by atoms with van der Waals surface area (Å²) >= 11 is 2.75. The van der Waals surface area contributed by atoms with Gasteiger partial charge in [-0.3, -0.25) is 0 Å². The highest BCUT2D eigenvalue weighted by atomic mass is 32.1. The molecule has 0 aromatic carbocycles. The standard InChI is InChI=1S/C12H12O4S2/c1-4-16-12(14)9-6(2)17-7-5-8(11(13)15-3)18-10(7)9/h5H,4H2,1-3H3. The third-order valence-electron chi connectivity index (χ3n) is 2.41. The summed E-state index contributed by atoms with van der Waals surface area (Å²) in [5.74, 6) is -0.713. The fraction of sp³-hybridized carbons (Fsp3) is 0.333. The van der Waals surface area contributed by atoms with Crippen LogP contribution >= 0.6 is 22.7 Å². The summed E-state index contributed by atoms with van der Waals surface area (Å²) < 4.78 is 11.4. The third kappa shape index (κ3) is 2.13. The first-order valence-corrected chi connectivity index (χ1v) is 7.00. The molecule has 2 aromatic heterocycles. The Labute approximate surface area is 112 Å². The molecular weight excluding hydrogens is 272 g/mol. The summed E-state index contributed by atoms with van der Waals surface area (Å²) in [6.07, 6.45) is 0. The molecule has 0 atom stereocenters. The van der Waals surface area contributed by atoms with Crippen LogP contribution in [0.1, 0.15) is 31.8 Å². The number of hydrogen-bond donors (Lipinski definition) is 0. The van der Waals surface area contributed by atoms with Crippen molar-refractivity contribution in [2.45, 2.75) is 13.8 Å². The summed E-state index contributed by atoms with van der Waals surface area (Å²) in [6, 6.07) is 1.76. The van der Waals surface area contributed by atoms with Crippen LogP contribution in [0.2, 0.25) is 0 Å². The molecule has 0 N–H and O–H groups in total. The molecule has 0 aliphatic carbocycles. The zero-order valence-electron chi connectivity index (χ0n) is 10.2. The van der Waals surface area contributed by atoms with Crippen LogP contribution in [0, 0.1) is 6.92 Å². The van der Waals surface area contributed by atoms with Gasteiger partial charge in [0, 0.05) is 9.58 Å². The number of ether oxygens (including phenoxy) is 2. The van der Waals surface area contributed by atoms with Gasteiger partial charge in [-0.15, -0.1) is 22.7 Å². The normalized spacial score (nSPS) is 10.6. The monoisotopic (exact) mass is 284 g/mol. The molecule has 0 amide bonds. The van der Waals surface area contributed by atoms with E-state index in [0.717, 1.165) is 14.3 Å². The lowest BCUT2D eigenvalue weighted by Crippen LogP contribution is -2.04. The van der Waals surface area contributed by atoms with Gasteiger partial charge in [0.25, 0.3) is 0 Å². The van der Waals surface area contributed by atoms with Gasteiger partial charge in [-0.1, -0.05) is 0 Å². The Morgan fingerprint density at radius 1 is 1.28 bits per heavy atom. The van der Waals surface area contributed by atoms with Gasteiger partial charge in [-0.05, 0) is 19.9 Å². The van der Waals surface area contributed by atoms with Crippen LogP contribution in [-0.2, 0) is 9.47 Å². The van der Waals surface area contributed by atoms with E-state index >= 15 is 0 Å². The van der Waals surface area contributed by atoms with E-state index in [2.05, 4.69) is 4.74 Å². The smallest absolute Gasteiger partial charge is 0.348 e. The fourth-order valence-electron chi connectivity index (χ4n) is 1.64. The van der Waals surface area contributed by atoms with Crippen molar-refractivity contribution < 1.29 is 19.1 Å². The van der Waals surface area contributed by atoms with Gasteiger partial charge < -0.3 is 9.47 Å². The predicted octanol–water partition coefficient (Wildman–Crippen LogP) is 3.23. The first-order chi connectivity index (χ1) is 8.58. The van der Waals surface area contributed by atoms with Gasteiger partial charge in [0.2, 0.25) is 0 Å². The summed E-state index contributed by atoms with van der Waals surface area (Å²) in [6.45, 7) is 3.98. The van der Waals surface area contributed by atoms with E-state index in [4.69, 9.17) is 4.74 Å². The second kappa shape index (κ2) is 5.07. The van der Waals surface area contributed by atoms with Crippen LogP contribution < -0.4 is 0 Å². The summed E-state index contributed by atoms with van der Waals surface area (Å²) in [5.41, 5.74) is 0.567. The van der Waals surface area contributed by atoms with E-state index in [1.165, 1.54) is 29.8 Å². The number of carbonyl (C=O) groups is 2. The summed E-state index contributed by atoms with van der Waals surface area (Å²) in [4.78, 5) is 24.7. The van der Waals surface area contributed by atoms with Crippen LogP contribution in [0.25, 0.3) is 9.40 Å². The topological polar surface area (TPSA) is 52.6 Å². The first-order valence-electron chi connectivity index (χ1n) is 5.36. The Morgan fingerprint density at radius 2 is 2.00 bits per heavy atom. The molecule has 0 saturated heterocycles. The molecule has 0 aliphatic rings. The lowest BCUT2D eigenvalue weighted by molar-refractivity contribution is 0.0527. The average Bonchev–Trinajstić information content (AvgIpc) is 2.84. The van der Waals surface area contributed by atoms with Crippen molar-refractivity contribution in [3.8, 4) is 0 Å². The molecule has 6 heteroatoms. The van der Waals surface area contributed by atoms with Crippen molar-refractivity contribution in [2.75, 3.05) is 13.7 Å². The maximum atomic E-state index is 11.9. The highest BCUT2D eigenvalue weighted by Gasteiger charge is 2.21. The minimum atomic E-state index is -0.379. The van der Waals surface area contributed by atoms with E-state index in [0.29, 0.717) is 17.0 Å².